The smallest absolute Gasteiger partial charge is 0.238 e. The lowest BCUT2D eigenvalue weighted by Crippen LogP contribution is -2.34. The third kappa shape index (κ3) is 1.74. The van der Waals surface area contributed by atoms with Crippen LogP contribution in [0.2, 0.25) is 0 Å². The molecule has 1 aliphatic heterocycles. The van der Waals surface area contributed by atoms with Crippen molar-refractivity contribution in [3.63, 3.8) is 0 Å². The highest BCUT2D eigenvalue weighted by atomic mass is 16.4. The van der Waals surface area contributed by atoms with Crippen molar-refractivity contribution in [3.8, 4) is 0 Å². The van der Waals surface area contributed by atoms with Crippen LogP contribution in [0.5, 0.6) is 0 Å². The number of para-hydroxylation sites is 1. The molecule has 1 aromatic carbocycles. The van der Waals surface area contributed by atoms with Gasteiger partial charge in [0, 0.05) is 5.56 Å². The molecule has 20 heavy (non-hydrogen) atoms. The van der Waals surface area contributed by atoms with Crippen LogP contribution >= 0.6 is 0 Å². The molecule has 0 spiro atoms. The minimum absolute atomic E-state index is 0.108. The maximum absolute atomic E-state index is 12.4. The van der Waals surface area contributed by atoms with Crippen molar-refractivity contribution in [2.75, 3.05) is 4.90 Å². The van der Waals surface area contributed by atoms with E-state index in [4.69, 9.17) is 0 Å². The Morgan fingerprint density at radius 3 is 2.15 bits per heavy atom. The van der Waals surface area contributed by atoms with E-state index < -0.39 is 5.97 Å². The Morgan fingerprint density at radius 1 is 1.05 bits per heavy atom. The zero-order chi connectivity index (χ0) is 14.3. The van der Waals surface area contributed by atoms with Crippen LogP contribution in [0.1, 0.15) is 23.2 Å². The van der Waals surface area contributed by atoms with Gasteiger partial charge in [-0.05, 0) is 18.9 Å². The molecule has 0 radical (unpaired) electrons. The van der Waals surface area contributed by atoms with Crippen LogP contribution < -0.4 is 10.0 Å². The first-order valence-electron chi connectivity index (χ1n) is 6.44. The van der Waals surface area contributed by atoms with Crippen LogP contribution in [0.15, 0.2) is 36.4 Å². The van der Waals surface area contributed by atoms with Crippen LogP contribution in [0.4, 0.5) is 5.69 Å². The van der Waals surface area contributed by atoms with Crippen molar-refractivity contribution in [1.29, 1.82) is 0 Å². The van der Waals surface area contributed by atoms with Crippen molar-refractivity contribution >= 4 is 23.5 Å². The standard InChI is InChI=1S/C15H13NO4/c17-13-9-5-1-2-6-10(9)14(18)16(13)12-8-4-3-7-11(12)15(19)20/h1-4,7-10H,5-6H2,(H,19,20)/p-1/t9-,10+. The van der Waals surface area contributed by atoms with E-state index in [1.54, 1.807) is 6.07 Å². The van der Waals surface area contributed by atoms with E-state index in [-0.39, 0.29) is 34.9 Å². The lowest BCUT2D eigenvalue weighted by molar-refractivity contribution is -0.254. The second kappa shape index (κ2) is 4.59. The van der Waals surface area contributed by atoms with Gasteiger partial charge in [-0.1, -0.05) is 30.4 Å². The second-order valence-electron chi connectivity index (χ2n) is 4.97. The Kier molecular flexibility index (Phi) is 2.89. The summed E-state index contributed by atoms with van der Waals surface area (Å²) < 4.78 is 0. The average Bonchev–Trinajstić information content (AvgIpc) is 2.71. The lowest BCUT2D eigenvalue weighted by Gasteiger charge is -2.19. The number of hydrogen-bond acceptors (Lipinski definition) is 4. The maximum atomic E-state index is 12.4. The Labute approximate surface area is 115 Å². The van der Waals surface area contributed by atoms with Crippen LogP contribution in [0.25, 0.3) is 0 Å². The summed E-state index contributed by atoms with van der Waals surface area (Å²) in [4.78, 5) is 36.9. The predicted molar refractivity (Wildman–Crippen MR) is 68.6 cm³/mol. The minimum atomic E-state index is -1.39. The van der Waals surface area contributed by atoms with Crippen LogP contribution in [-0.4, -0.2) is 17.8 Å². The fourth-order valence-electron chi connectivity index (χ4n) is 2.88. The second-order valence-corrected chi connectivity index (χ2v) is 4.97. The van der Waals surface area contributed by atoms with Crippen molar-refractivity contribution in [1.82, 2.24) is 0 Å². The predicted octanol–water partition coefficient (Wildman–Crippen LogP) is 0.506. The molecule has 0 aromatic heterocycles. The molecule has 5 nitrogen and oxygen atoms in total. The van der Waals surface area contributed by atoms with Gasteiger partial charge >= 0.3 is 0 Å². The average molecular weight is 270 g/mol. The zero-order valence-electron chi connectivity index (χ0n) is 10.6. The number of nitrogens with zero attached hydrogens (tertiary/aromatic N) is 1. The van der Waals surface area contributed by atoms with Gasteiger partial charge in [-0.25, -0.2) is 4.90 Å². The van der Waals surface area contributed by atoms with E-state index >= 15 is 0 Å². The summed E-state index contributed by atoms with van der Waals surface area (Å²) in [5.74, 6) is -2.78. The highest BCUT2D eigenvalue weighted by Gasteiger charge is 2.48. The third-order valence-corrected chi connectivity index (χ3v) is 3.87. The summed E-state index contributed by atoms with van der Waals surface area (Å²) in [7, 11) is 0. The number of carboxylic acids is 1. The molecule has 1 saturated heterocycles. The number of amides is 2. The van der Waals surface area contributed by atoms with E-state index in [9.17, 15) is 19.5 Å². The number of hydrogen-bond donors (Lipinski definition) is 0. The molecule has 5 heteroatoms. The first-order chi connectivity index (χ1) is 9.61. The Morgan fingerprint density at radius 2 is 1.60 bits per heavy atom. The first kappa shape index (κ1) is 12.6. The number of carbonyl (C=O) groups excluding carboxylic acids is 3. The van der Waals surface area contributed by atoms with Gasteiger partial charge in [0.2, 0.25) is 11.8 Å². The summed E-state index contributed by atoms with van der Waals surface area (Å²) in [6.45, 7) is 0. The topological polar surface area (TPSA) is 77.5 Å². The molecule has 1 aliphatic carbocycles. The molecule has 2 amide bonds. The summed E-state index contributed by atoms with van der Waals surface area (Å²) in [6, 6.07) is 5.94. The fourth-order valence-corrected chi connectivity index (χ4v) is 2.88. The van der Waals surface area contributed by atoms with Crippen LogP contribution in [-0.2, 0) is 9.59 Å². The Hall–Kier alpha value is -2.43. The molecule has 0 unspecified atom stereocenters. The van der Waals surface area contributed by atoms with Crippen molar-refractivity contribution in [2.45, 2.75) is 12.8 Å². The number of carbonyl (C=O) groups is 3. The number of fused-ring (bicyclic) bond motifs is 1. The largest absolute Gasteiger partial charge is 0.545 e. The quantitative estimate of drug-likeness (QED) is 0.579. The fraction of sp³-hybridized carbons (Fsp3) is 0.267. The third-order valence-electron chi connectivity index (χ3n) is 3.87. The summed E-state index contributed by atoms with van der Waals surface area (Å²) >= 11 is 0. The van der Waals surface area contributed by atoms with E-state index in [0.717, 1.165) is 4.90 Å². The first-order valence-corrected chi connectivity index (χ1v) is 6.44. The van der Waals surface area contributed by atoms with Gasteiger partial charge < -0.3 is 9.90 Å². The van der Waals surface area contributed by atoms with E-state index in [2.05, 4.69) is 0 Å². The van der Waals surface area contributed by atoms with Gasteiger partial charge in [-0.3, -0.25) is 9.59 Å². The number of aromatic carboxylic acids is 1. The van der Waals surface area contributed by atoms with E-state index in [1.165, 1.54) is 18.2 Å². The maximum Gasteiger partial charge on any atom is 0.238 e. The number of carboxylic acid groups (broad SMARTS) is 1. The monoisotopic (exact) mass is 270 g/mol. The van der Waals surface area contributed by atoms with E-state index in [0.29, 0.717) is 12.8 Å². The molecule has 3 rings (SSSR count). The van der Waals surface area contributed by atoms with Gasteiger partial charge in [-0.15, -0.1) is 0 Å². The van der Waals surface area contributed by atoms with Crippen molar-refractivity contribution in [3.05, 3.63) is 42.0 Å². The summed E-state index contributed by atoms with van der Waals surface area (Å²) in [5, 5.41) is 11.1. The van der Waals surface area contributed by atoms with Gasteiger partial charge in [0.1, 0.15) is 0 Å². The molecule has 0 bridgehead atoms. The van der Waals surface area contributed by atoms with Gasteiger partial charge in [0.15, 0.2) is 0 Å². The number of allylic oxidation sites excluding steroid dienone is 2. The van der Waals surface area contributed by atoms with Gasteiger partial charge in [0.25, 0.3) is 0 Å². The van der Waals surface area contributed by atoms with Crippen LogP contribution in [0, 0.1) is 11.8 Å². The molecule has 0 N–H and O–H groups in total. The number of imide groups is 1. The van der Waals surface area contributed by atoms with Gasteiger partial charge in [-0.2, -0.15) is 0 Å². The molecule has 102 valence electrons. The zero-order valence-corrected chi connectivity index (χ0v) is 10.6. The SMILES string of the molecule is O=C([O-])c1ccccc1N1C(=O)[C@H]2CC=CC[C@H]2C1=O. The molecule has 1 heterocycles. The summed E-state index contributed by atoms with van der Waals surface area (Å²) in [5.41, 5.74) is -0.0299. The number of rotatable bonds is 2. The Bertz CT molecular complexity index is 609. The highest BCUT2D eigenvalue weighted by Crippen LogP contribution is 2.38. The summed E-state index contributed by atoms with van der Waals surface area (Å²) in [6.07, 6.45) is 4.83. The van der Waals surface area contributed by atoms with Gasteiger partial charge in [0.05, 0.1) is 23.5 Å². The highest BCUT2D eigenvalue weighted by molar-refractivity contribution is 6.23. The number of benzene rings is 1. The lowest BCUT2D eigenvalue weighted by atomic mass is 9.85. The number of anilines is 1. The molecular weight excluding hydrogens is 258 g/mol. The molecule has 2 atom stereocenters. The molecular formula is C15H12NO4-. The normalized spacial score (nSPS) is 24.9. The van der Waals surface area contributed by atoms with Crippen molar-refractivity contribution in [2.24, 2.45) is 11.8 Å². The minimum Gasteiger partial charge on any atom is -0.545 e. The molecule has 1 aromatic rings. The van der Waals surface area contributed by atoms with E-state index in [1.807, 2.05) is 12.2 Å². The molecule has 2 aliphatic rings. The Balaban J connectivity index is 2.06. The van der Waals surface area contributed by atoms with Crippen LogP contribution in [0.3, 0.4) is 0 Å². The van der Waals surface area contributed by atoms with Crippen molar-refractivity contribution < 1.29 is 19.5 Å². The molecule has 1 fully saturated rings. The molecule has 0 saturated carbocycles.